The molecule has 10 saturated heterocycles. The van der Waals surface area contributed by atoms with E-state index in [-0.39, 0.29) is 41.5 Å². The molecule has 49 heteroatoms. The maximum atomic E-state index is 13.9. The molecule has 16 aromatic carbocycles. The molecule has 26 rings (SSSR count). The Labute approximate surface area is 887 Å². The van der Waals surface area contributed by atoms with Crippen LogP contribution in [0, 0.1) is 0 Å². The first-order chi connectivity index (χ1) is 71.8. The third-order valence-corrected chi connectivity index (χ3v) is 95.0. The van der Waals surface area contributed by atoms with Crippen LogP contribution in [0.3, 0.4) is 0 Å². The second-order valence-corrected chi connectivity index (χ2v) is 90.3. The van der Waals surface area contributed by atoms with Gasteiger partial charge in [0.05, 0.1) is 0 Å². The predicted octanol–water partition coefficient (Wildman–Crippen LogP) is 5.00. The summed E-state index contributed by atoms with van der Waals surface area (Å²) in [5.41, 5.74) is 0. The van der Waals surface area contributed by atoms with E-state index in [1.807, 2.05) is 262 Å². The maximum Gasteiger partial charge on any atom is 0.520 e. The van der Waals surface area contributed by atoms with Gasteiger partial charge in [-0.2, -0.15) is 22.2 Å². The van der Waals surface area contributed by atoms with Gasteiger partial charge in [0.2, 0.25) is 7.42 Å². The molecule has 0 aromatic heterocycles. The molecule has 0 atom stereocenters. The van der Waals surface area contributed by atoms with E-state index in [9.17, 15) is 19.2 Å². The number of hydrogen-bond donors (Lipinski definition) is 4. The van der Waals surface area contributed by atoms with Gasteiger partial charge in [-0.1, -0.05) is 485 Å². The third-order valence-electron chi connectivity index (χ3n) is 24.8. The highest BCUT2D eigenvalue weighted by Gasteiger charge is 2.84. The second-order valence-electron chi connectivity index (χ2n) is 35.0. The molecule has 0 amide bonds. The van der Waals surface area contributed by atoms with Gasteiger partial charge in [0.15, 0.2) is 0 Å². The molecule has 10 aliphatic heterocycles. The zero-order valence-corrected chi connectivity index (χ0v) is 100. The van der Waals surface area contributed by atoms with Gasteiger partial charge in [-0.05, 0) is 19.6 Å². The van der Waals surface area contributed by atoms with Crippen LogP contribution in [0.5, 0.6) is 0 Å². The molecule has 0 spiro atoms. The summed E-state index contributed by atoms with van der Waals surface area (Å²) in [5.74, 6) is 0. The topological polar surface area (TPSA) is 302 Å². The fourth-order valence-electron chi connectivity index (χ4n) is 18.3. The van der Waals surface area contributed by atoms with E-state index in [1.165, 1.54) is 0 Å². The van der Waals surface area contributed by atoms with Crippen LogP contribution in [-0.4, -0.2) is 186 Å². The fraction of sp³-hybridized carbons (Fsp3) is 0.0303. The molecule has 0 saturated carbocycles. The van der Waals surface area contributed by atoms with Crippen molar-refractivity contribution in [1.29, 1.82) is 0 Å². The Morgan fingerprint density at radius 2 is 0.230 bits per heavy atom. The van der Waals surface area contributed by atoms with Crippen molar-refractivity contribution in [2.75, 3.05) is 0 Å². The summed E-state index contributed by atoms with van der Waals surface area (Å²) in [6.07, 6.45) is 0. The monoisotopic (exact) mass is 2330 g/mol. The Balaban J connectivity index is 0.000000162. The zero-order chi connectivity index (χ0) is 102. The van der Waals surface area contributed by atoms with E-state index < -0.39 is 167 Å². The van der Waals surface area contributed by atoms with Crippen LogP contribution >= 0.6 is 22.2 Å². The van der Waals surface area contributed by atoms with Gasteiger partial charge in [0, 0.05) is 83.0 Å². The highest BCUT2D eigenvalue weighted by Crippen LogP contribution is 2.48. The Morgan fingerprint density at radius 3 is 0.338 bits per heavy atom. The molecule has 28 nitrogen and oxygen atoms in total. The number of hydrogen-bond acceptors (Lipinski definition) is 28. The van der Waals surface area contributed by atoms with E-state index in [2.05, 4.69) is 0 Å². The minimum Gasteiger partial charge on any atom is -0.393 e. The molecule has 148 heavy (non-hydrogen) atoms. The molecule has 12 bridgehead atoms. The lowest BCUT2D eigenvalue weighted by atomic mass is 10.4. The highest BCUT2D eigenvalue weighted by atomic mass is 35.7. The number of fused-ring (bicyclic) bond motifs is 8. The Hall–Kier alpha value is -8.90. The minimum absolute atomic E-state index is 0.184. The average Bonchev–Trinajstić information content (AvgIpc) is 0.681. The van der Waals surface area contributed by atoms with Crippen molar-refractivity contribution in [3.05, 3.63) is 485 Å². The Kier molecular flexibility index (Phi) is 29.5. The normalized spacial score (nSPS) is 32.7. The smallest absolute Gasteiger partial charge is 0.393 e. The fourth-order valence-corrected chi connectivity index (χ4v) is 108. The van der Waals surface area contributed by atoms with Gasteiger partial charge in [-0.3, -0.25) is 0 Å². The SMILES string of the molecule is C[SiH](Cl)Cl.C[SiH]1O[Si]2(c3ccccc3)O[Si]3(c4ccccc4)O[Si]4(c5ccccc5)O[SiH](C)O[Si]5(c6ccccc6)O[Si](c6ccccc6)(O[Si](c6ccccc6)(O1)O[Si](c1ccccc1)(O5)O[Si](c1ccccc1)(O2)O4)O3.O[Si]1(c2ccccc2)O[Si]2(c3ccccc3)O[Si](O)(c3ccccc3)O[Si](c3ccccc3)(O1)O[Si]1(c3ccccc3)O[Si](O)(c3ccccc3)O[Si](c3ccccc3)(O[Si](O)(c3ccccc3)O1)O2. The molecule has 10 aliphatic rings. The largest absolute Gasteiger partial charge is 0.520 e. The summed E-state index contributed by atoms with van der Waals surface area (Å²) in [7, 11) is -88.8. The lowest BCUT2D eigenvalue weighted by Gasteiger charge is -2.59. The lowest BCUT2D eigenvalue weighted by molar-refractivity contribution is 0.0282. The lowest BCUT2D eigenvalue weighted by Crippen LogP contribution is -2.92. The zero-order valence-electron chi connectivity index (χ0n) is 79.3. The minimum atomic E-state index is -5.34. The summed E-state index contributed by atoms with van der Waals surface area (Å²) in [6.45, 7) is 5.71. The number of rotatable bonds is 16. The molecule has 4 N–H and O–H groups in total. The molecule has 750 valence electrons. The summed E-state index contributed by atoms with van der Waals surface area (Å²) in [4.78, 5) is 55.7. The van der Waals surface area contributed by atoms with Crippen molar-refractivity contribution in [3.8, 4) is 0 Å². The van der Waals surface area contributed by atoms with E-state index in [4.69, 9.17) is 121 Å². The third kappa shape index (κ3) is 20.1. The predicted molar refractivity (Wildman–Crippen MR) is 595 cm³/mol. The van der Waals surface area contributed by atoms with E-state index >= 15 is 0 Å². The molecule has 0 radical (unpaired) electrons. The quantitative estimate of drug-likeness (QED) is 0.0731. The molecule has 10 heterocycles. The van der Waals surface area contributed by atoms with Gasteiger partial charge in [-0.25, -0.2) is 0 Å². The van der Waals surface area contributed by atoms with Crippen LogP contribution < -0.4 is 83.0 Å². The first kappa shape index (κ1) is 103. The molecule has 16 aromatic rings. The van der Waals surface area contributed by atoms with Crippen molar-refractivity contribution in [1.82, 2.24) is 0 Å². The summed E-state index contributed by atoms with van der Waals surface area (Å²) in [6, 6.07) is 145. The summed E-state index contributed by atoms with van der Waals surface area (Å²) < 4.78 is 188. The summed E-state index contributed by atoms with van der Waals surface area (Å²) >= 11 is 10.4. The van der Waals surface area contributed by atoms with Gasteiger partial charge < -0.3 is 118 Å². The van der Waals surface area contributed by atoms with Gasteiger partial charge in [0.25, 0.3) is 0 Å². The molecule has 0 aliphatic carbocycles. The number of benzene rings is 16. The summed E-state index contributed by atoms with van der Waals surface area (Å²) in [5, 5.41) is 5.96. The van der Waals surface area contributed by atoms with Crippen LogP contribution in [0.1, 0.15) is 0 Å². The van der Waals surface area contributed by atoms with Crippen molar-refractivity contribution >= 4 is 272 Å². The van der Waals surface area contributed by atoms with Crippen molar-refractivity contribution < 1.29 is 118 Å². The first-order valence-electron chi connectivity index (χ1n) is 47.6. The molecular weight excluding hydrogens is 2240 g/mol. The van der Waals surface area contributed by atoms with Crippen LogP contribution in [0.4, 0.5) is 0 Å². The number of halogens is 2. The highest BCUT2D eigenvalue weighted by molar-refractivity contribution is 7.33. The van der Waals surface area contributed by atoms with Crippen LogP contribution in [0.2, 0.25) is 19.6 Å². The van der Waals surface area contributed by atoms with Gasteiger partial charge in [-0.15, -0.1) is 0 Å². The maximum absolute atomic E-state index is 13.9. The van der Waals surface area contributed by atoms with Crippen molar-refractivity contribution in [3.63, 3.8) is 0 Å². The molecule has 0 unspecified atom stereocenters. The first-order valence-corrected chi connectivity index (χ1v) is 84.2. The van der Waals surface area contributed by atoms with Crippen LogP contribution in [-0.2, 0) is 98.8 Å². The standard InChI is InChI=1S/C50H48O14Si10.C48H44O14Si8.CH4Cl2Si/c1-65-51-67(43-27-11-3-12-28-43)55-71(47-35-19-7-20-36-47)59-69(45-31-15-5-16-32-45)53-66(2)54-70(46-33-17-6-18-34-46)61-73(63-71,49-39-23-9-24-40-49)57-68(52-65,44-29-13-4-14-30-44)58-74(62-70,50-41-25-10-26-42-50)64-72(56-67,60-69)48-37-21-8-22-38-48;49-63(41-25-9-1-10-26-41)53-67(45-33-17-5-18-34-45)55-64(50,42-27-11-2-12-28-42)56-68(54-63,46-35-19-6-20-36-46)62-70(48-39-23-8-24-40-48)58-65(51,43-29-13-3-14-30-43)57-69(61-67,47-37-21-7-22-38-47)59-66(52,60-70)44-31-15-4-16-32-44;1-4(2)3/h3-42,65-66H,1-2H3;1-40,49-52H;4H,1H3. The van der Waals surface area contributed by atoms with Crippen molar-refractivity contribution in [2.24, 2.45) is 0 Å². The Bertz CT molecular complexity index is 6310. The van der Waals surface area contributed by atoms with E-state index in [0.717, 1.165) is 0 Å². The van der Waals surface area contributed by atoms with Gasteiger partial charge >= 0.3 is 159 Å². The van der Waals surface area contributed by atoms with E-state index in [1.54, 1.807) is 243 Å². The van der Waals surface area contributed by atoms with Crippen LogP contribution in [0.15, 0.2) is 485 Å². The van der Waals surface area contributed by atoms with Crippen molar-refractivity contribution in [2.45, 2.75) is 19.6 Å². The molecule has 10 fully saturated rings. The van der Waals surface area contributed by atoms with E-state index in [0.29, 0.717) is 41.5 Å². The van der Waals surface area contributed by atoms with Gasteiger partial charge in [0.1, 0.15) is 0 Å². The molecular formula is C99H96Cl2O28Si19. The second kappa shape index (κ2) is 42.2. The Morgan fingerprint density at radius 1 is 0.149 bits per heavy atom. The van der Waals surface area contributed by atoms with Crippen LogP contribution in [0.25, 0.3) is 0 Å². The average molecular weight is 2340 g/mol.